The Bertz CT molecular complexity index is 768. The van der Waals surface area contributed by atoms with Gasteiger partial charge in [0.2, 0.25) is 11.8 Å². The van der Waals surface area contributed by atoms with Crippen molar-refractivity contribution in [3.05, 3.63) is 65.2 Å². The van der Waals surface area contributed by atoms with Gasteiger partial charge in [0.1, 0.15) is 0 Å². The zero-order valence-electron chi connectivity index (χ0n) is 17.5. The molecule has 2 rings (SSSR count). The van der Waals surface area contributed by atoms with E-state index < -0.39 is 0 Å². The third-order valence-corrected chi connectivity index (χ3v) is 4.69. The number of hydrazine groups is 1. The smallest absolute Gasteiger partial charge is 0.238 e. The molecule has 30 heavy (non-hydrogen) atoms. The Morgan fingerprint density at radius 1 is 0.900 bits per heavy atom. The molecule has 0 spiro atoms. The molecule has 0 saturated heterocycles. The molecular weight excluding hydrogens is 423 g/mol. The Hall–Kier alpha value is -2.28. The zero-order chi connectivity index (χ0) is 20.4. The van der Waals surface area contributed by atoms with Crippen LogP contribution in [-0.4, -0.2) is 31.4 Å². The number of anilines is 1. The van der Waals surface area contributed by atoms with E-state index in [9.17, 15) is 9.59 Å². The molecule has 0 unspecified atom stereocenters. The maximum absolute atomic E-state index is 11.3. The van der Waals surface area contributed by atoms with Crippen molar-refractivity contribution >= 4 is 42.3 Å². The molecule has 166 valence electrons. The lowest BCUT2D eigenvalue weighted by atomic mass is 10.0. The fraction of sp³-hybridized carbons (Fsp3) is 0.364. The molecule has 0 aliphatic rings. The number of hydrogen-bond acceptors (Lipinski definition) is 4. The number of nitrogens with zero attached hydrogens (tertiary/aromatic N) is 1. The number of hydrogen-bond donors (Lipinski definition) is 3. The van der Waals surface area contributed by atoms with Gasteiger partial charge in [-0.15, -0.1) is 24.8 Å². The number of nitrogens with one attached hydrogen (secondary N) is 2. The van der Waals surface area contributed by atoms with Crippen LogP contribution in [0.25, 0.3) is 0 Å². The SMILES string of the molecule is CCN(CCNC(C)=O)c1ccc(CCc2ccc(CC(=O)NN)cc2)cc1.Cl.Cl. The molecule has 2 amide bonds. The number of halogens is 2. The molecule has 0 aliphatic carbocycles. The highest BCUT2D eigenvalue weighted by Crippen LogP contribution is 2.16. The largest absolute Gasteiger partial charge is 0.370 e. The normalized spacial score (nSPS) is 9.70. The van der Waals surface area contributed by atoms with E-state index in [1.54, 1.807) is 0 Å². The topological polar surface area (TPSA) is 87.5 Å². The van der Waals surface area contributed by atoms with Gasteiger partial charge in [-0.2, -0.15) is 0 Å². The lowest BCUT2D eigenvalue weighted by Crippen LogP contribution is -2.33. The molecule has 0 aliphatic heterocycles. The number of carbonyl (C=O) groups is 2. The summed E-state index contributed by atoms with van der Waals surface area (Å²) in [6, 6.07) is 16.7. The van der Waals surface area contributed by atoms with E-state index in [2.05, 4.69) is 59.0 Å². The summed E-state index contributed by atoms with van der Waals surface area (Å²) in [5.41, 5.74) is 6.79. The van der Waals surface area contributed by atoms with Crippen LogP contribution in [0.2, 0.25) is 0 Å². The van der Waals surface area contributed by atoms with E-state index in [0.29, 0.717) is 13.0 Å². The summed E-state index contributed by atoms with van der Waals surface area (Å²) in [5, 5.41) is 2.84. The molecule has 0 heterocycles. The third-order valence-electron chi connectivity index (χ3n) is 4.69. The van der Waals surface area contributed by atoms with Gasteiger partial charge in [0.25, 0.3) is 0 Å². The van der Waals surface area contributed by atoms with E-state index in [-0.39, 0.29) is 36.6 Å². The Labute approximate surface area is 191 Å². The van der Waals surface area contributed by atoms with Crippen molar-refractivity contribution in [1.82, 2.24) is 10.7 Å². The van der Waals surface area contributed by atoms with Crippen molar-refractivity contribution in [2.45, 2.75) is 33.1 Å². The number of carbonyl (C=O) groups excluding carboxylic acids is 2. The molecule has 0 atom stereocenters. The highest BCUT2D eigenvalue weighted by molar-refractivity contribution is 5.85. The van der Waals surface area contributed by atoms with Gasteiger partial charge in [-0.3, -0.25) is 15.0 Å². The number of nitrogens with two attached hydrogens (primary N) is 1. The third kappa shape index (κ3) is 9.48. The van der Waals surface area contributed by atoms with Crippen LogP contribution in [0.4, 0.5) is 5.69 Å². The second-order valence-electron chi connectivity index (χ2n) is 6.79. The first-order valence-corrected chi connectivity index (χ1v) is 9.67. The second-order valence-corrected chi connectivity index (χ2v) is 6.79. The first-order chi connectivity index (χ1) is 13.5. The maximum atomic E-state index is 11.3. The number of likely N-dealkylation sites (N-methyl/N-ethyl adjacent to an activating group) is 1. The first-order valence-electron chi connectivity index (χ1n) is 9.67. The summed E-state index contributed by atoms with van der Waals surface area (Å²) >= 11 is 0. The minimum atomic E-state index is -0.189. The van der Waals surface area contributed by atoms with Crippen LogP contribution in [-0.2, 0) is 28.9 Å². The highest BCUT2D eigenvalue weighted by Gasteiger charge is 2.05. The molecule has 0 aromatic heterocycles. The minimum Gasteiger partial charge on any atom is -0.370 e. The summed E-state index contributed by atoms with van der Waals surface area (Å²) in [7, 11) is 0. The van der Waals surface area contributed by atoms with Crippen molar-refractivity contribution in [2.75, 3.05) is 24.5 Å². The molecule has 2 aromatic carbocycles. The molecule has 0 saturated carbocycles. The van der Waals surface area contributed by atoms with Gasteiger partial charge in [0.05, 0.1) is 6.42 Å². The van der Waals surface area contributed by atoms with Gasteiger partial charge in [-0.05, 0) is 48.6 Å². The molecule has 6 nitrogen and oxygen atoms in total. The Balaban J connectivity index is 0.00000420. The van der Waals surface area contributed by atoms with Gasteiger partial charge < -0.3 is 10.2 Å². The van der Waals surface area contributed by atoms with E-state index in [0.717, 1.165) is 31.5 Å². The van der Waals surface area contributed by atoms with Crippen molar-refractivity contribution in [3.8, 4) is 0 Å². The summed E-state index contributed by atoms with van der Waals surface area (Å²) in [5.74, 6) is 4.93. The Morgan fingerprint density at radius 3 is 1.87 bits per heavy atom. The van der Waals surface area contributed by atoms with Crippen LogP contribution in [0, 0.1) is 0 Å². The van der Waals surface area contributed by atoms with Gasteiger partial charge in [-0.25, -0.2) is 5.84 Å². The van der Waals surface area contributed by atoms with Gasteiger partial charge in [-0.1, -0.05) is 36.4 Å². The monoisotopic (exact) mass is 454 g/mol. The molecule has 2 aromatic rings. The summed E-state index contributed by atoms with van der Waals surface area (Å²) < 4.78 is 0. The van der Waals surface area contributed by atoms with E-state index in [4.69, 9.17) is 5.84 Å². The van der Waals surface area contributed by atoms with Crippen LogP contribution in [0.1, 0.15) is 30.5 Å². The minimum absolute atomic E-state index is 0. The molecule has 0 bridgehead atoms. The van der Waals surface area contributed by atoms with Crippen LogP contribution in [0.15, 0.2) is 48.5 Å². The molecule has 0 radical (unpaired) electrons. The lowest BCUT2D eigenvalue weighted by Gasteiger charge is -2.23. The number of rotatable bonds is 10. The van der Waals surface area contributed by atoms with Crippen LogP contribution in [0.3, 0.4) is 0 Å². The van der Waals surface area contributed by atoms with E-state index >= 15 is 0 Å². The average Bonchev–Trinajstić information content (AvgIpc) is 2.71. The van der Waals surface area contributed by atoms with Gasteiger partial charge in [0.15, 0.2) is 0 Å². The first kappa shape index (κ1) is 27.7. The quantitative estimate of drug-likeness (QED) is 0.292. The van der Waals surface area contributed by atoms with Crippen molar-refractivity contribution in [1.29, 1.82) is 0 Å². The highest BCUT2D eigenvalue weighted by atomic mass is 35.5. The predicted octanol–water partition coefficient (Wildman–Crippen LogP) is 2.81. The summed E-state index contributed by atoms with van der Waals surface area (Å²) in [6.45, 7) is 5.99. The number of benzene rings is 2. The Morgan fingerprint density at radius 2 is 1.40 bits per heavy atom. The van der Waals surface area contributed by atoms with Crippen molar-refractivity contribution < 1.29 is 9.59 Å². The summed E-state index contributed by atoms with van der Waals surface area (Å²) in [4.78, 5) is 24.6. The molecule has 0 fully saturated rings. The van der Waals surface area contributed by atoms with Crippen LogP contribution in [0.5, 0.6) is 0 Å². The second kappa shape index (κ2) is 14.7. The number of amides is 2. The fourth-order valence-electron chi connectivity index (χ4n) is 3.06. The van der Waals surface area contributed by atoms with Crippen LogP contribution < -0.4 is 21.5 Å². The summed E-state index contributed by atoms with van der Waals surface area (Å²) in [6.07, 6.45) is 2.21. The van der Waals surface area contributed by atoms with Crippen LogP contribution >= 0.6 is 24.8 Å². The molecule has 8 heteroatoms. The van der Waals surface area contributed by atoms with Gasteiger partial charge in [0, 0.05) is 32.2 Å². The van der Waals surface area contributed by atoms with Crippen molar-refractivity contribution in [3.63, 3.8) is 0 Å². The predicted molar refractivity (Wildman–Crippen MR) is 127 cm³/mol. The zero-order valence-corrected chi connectivity index (χ0v) is 19.2. The number of aryl methyl sites for hydroxylation is 2. The Kier molecular flexibility index (Phi) is 13.5. The molecule has 4 N–H and O–H groups in total. The lowest BCUT2D eigenvalue weighted by molar-refractivity contribution is -0.120. The average molecular weight is 455 g/mol. The maximum Gasteiger partial charge on any atom is 0.238 e. The van der Waals surface area contributed by atoms with Crippen molar-refractivity contribution in [2.24, 2.45) is 5.84 Å². The standard InChI is InChI=1S/C22H30N4O2.2ClH/c1-3-26(15-14-24-17(2)27)21-12-10-19(11-13-21)5-4-18-6-8-20(9-7-18)16-22(28)25-23;;/h6-13H,3-5,14-16,23H2,1-2H3,(H,24,27)(H,25,28);2*1H. The van der Waals surface area contributed by atoms with Gasteiger partial charge >= 0.3 is 0 Å². The van der Waals surface area contributed by atoms with E-state index in [1.807, 2.05) is 12.1 Å². The fourth-order valence-corrected chi connectivity index (χ4v) is 3.06. The molecular formula is C22H32Cl2N4O2. The van der Waals surface area contributed by atoms with E-state index in [1.165, 1.54) is 23.7 Å².